The smallest absolute Gasteiger partial charge is 0.323 e. The first kappa shape index (κ1) is 55.4. The molecule has 7 atom stereocenters. The predicted molar refractivity (Wildman–Crippen MR) is 182 cm³/mol. The summed E-state index contributed by atoms with van der Waals surface area (Å²) in [4.78, 5) is 69.6. The largest absolute Gasteiger partial charge is 0.508 e. The zero-order valence-electron chi connectivity index (χ0n) is 29.0. The third kappa shape index (κ3) is 39.4. The summed E-state index contributed by atoms with van der Waals surface area (Å²) in [5.74, 6) is -6.52. The number of carbonyl (C=O) groups is 7. The summed E-state index contributed by atoms with van der Waals surface area (Å²) in [6.07, 6.45) is -0.583. The number of aliphatic hydroxyl groups excluding tert-OH is 1. The maximum atomic E-state index is 10.4. The molecule has 0 unspecified atom stereocenters. The topological polar surface area (TPSA) is 463 Å². The Morgan fingerprint density at radius 1 is 0.569 bits per heavy atom. The van der Waals surface area contributed by atoms with Crippen LogP contribution in [0.1, 0.15) is 53.0 Å². The zero-order chi connectivity index (χ0) is 41.8. The molecule has 0 radical (unpaired) electrons. The second-order valence-electron chi connectivity index (χ2n) is 10.7. The van der Waals surface area contributed by atoms with Crippen molar-refractivity contribution in [2.75, 3.05) is 0 Å². The van der Waals surface area contributed by atoms with E-state index in [2.05, 4.69) is 0 Å². The Kier molecular flexibility index (Phi) is 33.7. The highest BCUT2D eigenvalue weighted by Gasteiger charge is 2.16. The van der Waals surface area contributed by atoms with Crippen molar-refractivity contribution in [3.05, 3.63) is 29.8 Å². The van der Waals surface area contributed by atoms with Crippen LogP contribution in [-0.4, -0.2) is 125 Å². The molecular weight excluding hydrogens is 686 g/mol. The second kappa shape index (κ2) is 31.0. The summed E-state index contributed by atoms with van der Waals surface area (Å²) in [5.41, 5.74) is 35.7. The SMILES string of the molecule is CC(C)[C@H](N)C(=O)O.C[C@@H](O)[C@H](N)C(=O)O.C[C@H](N)C(=O)O.C[C@H](N)C(=O)O.NC(=O)CC[C@H](N)C(=O)O.N[C@@H](Cc1ccc(O)cc1)C(=O)O. The lowest BCUT2D eigenvalue weighted by Gasteiger charge is -2.07. The third-order valence-corrected chi connectivity index (χ3v) is 5.32. The highest BCUT2D eigenvalue weighted by molar-refractivity contribution is 5.77. The van der Waals surface area contributed by atoms with Crippen LogP contribution in [0, 0.1) is 5.92 Å². The Morgan fingerprint density at radius 2 is 0.902 bits per heavy atom. The van der Waals surface area contributed by atoms with E-state index in [-0.39, 0.29) is 30.9 Å². The number of aromatic hydroxyl groups is 1. The molecule has 22 nitrogen and oxygen atoms in total. The van der Waals surface area contributed by atoms with Gasteiger partial charge in [-0.2, -0.15) is 0 Å². The minimum Gasteiger partial charge on any atom is -0.508 e. The predicted octanol–water partition coefficient (Wildman–Crippen LogP) is -3.32. The van der Waals surface area contributed by atoms with Crippen LogP contribution in [0.5, 0.6) is 5.75 Å². The maximum absolute atomic E-state index is 10.4. The first-order chi connectivity index (χ1) is 23.0. The number of carboxylic acids is 6. The van der Waals surface area contributed by atoms with E-state index >= 15 is 0 Å². The molecule has 1 aromatic rings. The summed E-state index contributed by atoms with van der Waals surface area (Å²) in [7, 11) is 0. The van der Waals surface area contributed by atoms with E-state index in [0.29, 0.717) is 0 Å². The Hall–Kier alpha value is -4.97. The molecule has 0 saturated heterocycles. The molecule has 0 aliphatic carbocycles. The van der Waals surface area contributed by atoms with Crippen molar-refractivity contribution in [2.45, 2.75) is 96.2 Å². The van der Waals surface area contributed by atoms with Crippen molar-refractivity contribution in [1.82, 2.24) is 0 Å². The summed E-state index contributed by atoms with van der Waals surface area (Å²) < 4.78 is 0. The summed E-state index contributed by atoms with van der Waals surface area (Å²) in [6, 6.07) is 1.11. The van der Waals surface area contributed by atoms with Gasteiger partial charge in [-0.25, -0.2) is 0 Å². The van der Waals surface area contributed by atoms with Crippen molar-refractivity contribution in [2.24, 2.45) is 46.1 Å². The number of carboxylic acid groups (broad SMARTS) is 6. The van der Waals surface area contributed by atoms with Gasteiger partial charge in [0.05, 0.1) is 6.10 Å². The van der Waals surface area contributed by atoms with Gasteiger partial charge in [-0.1, -0.05) is 26.0 Å². The molecule has 0 fully saturated rings. The molecule has 296 valence electrons. The average Bonchev–Trinajstić information content (AvgIpc) is 3.01. The van der Waals surface area contributed by atoms with E-state index in [4.69, 9.17) is 81.0 Å². The van der Waals surface area contributed by atoms with E-state index < -0.39 is 84.1 Å². The van der Waals surface area contributed by atoms with Crippen molar-refractivity contribution < 1.29 is 74.4 Å². The molecule has 1 rings (SSSR count). The van der Waals surface area contributed by atoms with Crippen LogP contribution in [0.15, 0.2) is 24.3 Å². The molecule has 0 heterocycles. The van der Waals surface area contributed by atoms with Crippen molar-refractivity contribution in [3.63, 3.8) is 0 Å². The van der Waals surface area contributed by atoms with Crippen LogP contribution in [0.4, 0.5) is 0 Å². The lowest BCUT2D eigenvalue weighted by Crippen LogP contribution is -2.39. The number of amides is 1. The van der Waals surface area contributed by atoms with Gasteiger partial charge in [-0.15, -0.1) is 0 Å². The van der Waals surface area contributed by atoms with Gasteiger partial charge in [-0.05, 0) is 57.2 Å². The van der Waals surface area contributed by atoms with Gasteiger partial charge in [0, 0.05) is 6.42 Å². The number of hydrogen-bond acceptors (Lipinski definition) is 15. The number of aliphatic hydroxyl groups is 1. The molecular formula is C29H55N7O15. The number of phenols is 1. The fourth-order valence-corrected chi connectivity index (χ4v) is 1.89. The second-order valence-corrected chi connectivity index (χ2v) is 10.7. The molecule has 0 spiro atoms. The molecule has 22 N–H and O–H groups in total. The van der Waals surface area contributed by atoms with Crippen LogP contribution in [-0.2, 0) is 40.0 Å². The minimum absolute atomic E-state index is 0.0208. The molecule has 0 saturated carbocycles. The Morgan fingerprint density at radius 3 is 1.08 bits per heavy atom. The summed E-state index contributed by atoms with van der Waals surface area (Å²) in [6.45, 7) is 7.72. The number of primary amides is 1. The Labute approximate surface area is 294 Å². The third-order valence-electron chi connectivity index (χ3n) is 5.32. The normalized spacial score (nSPS) is 13.7. The zero-order valence-corrected chi connectivity index (χ0v) is 29.0. The fraction of sp³-hybridized carbons (Fsp3) is 0.552. The summed E-state index contributed by atoms with van der Waals surface area (Å²) >= 11 is 0. The minimum atomic E-state index is -1.18. The van der Waals surface area contributed by atoms with Gasteiger partial charge < -0.3 is 81.0 Å². The van der Waals surface area contributed by atoms with Gasteiger partial charge in [0.15, 0.2) is 0 Å². The molecule has 1 amide bonds. The van der Waals surface area contributed by atoms with Gasteiger partial charge >= 0.3 is 35.8 Å². The molecule has 0 aromatic heterocycles. The molecule has 22 heteroatoms. The first-order valence-electron chi connectivity index (χ1n) is 14.7. The monoisotopic (exact) mass is 741 g/mol. The van der Waals surface area contributed by atoms with Gasteiger partial charge in [0.1, 0.15) is 42.0 Å². The fourth-order valence-electron chi connectivity index (χ4n) is 1.89. The Balaban J connectivity index is -0.000000170. The van der Waals surface area contributed by atoms with Crippen LogP contribution in [0.2, 0.25) is 0 Å². The number of hydrogen-bond donors (Lipinski definition) is 15. The lowest BCUT2D eigenvalue weighted by atomic mass is 10.1. The number of benzene rings is 1. The summed E-state index contributed by atoms with van der Waals surface area (Å²) in [5, 5.41) is 66.2. The van der Waals surface area contributed by atoms with Gasteiger partial charge in [-0.3, -0.25) is 33.6 Å². The van der Waals surface area contributed by atoms with Crippen molar-refractivity contribution in [3.8, 4) is 5.75 Å². The number of carbonyl (C=O) groups excluding carboxylic acids is 1. The van der Waals surface area contributed by atoms with Gasteiger partial charge in [0.25, 0.3) is 0 Å². The Bertz CT molecular complexity index is 1140. The van der Waals surface area contributed by atoms with E-state index in [1.165, 1.54) is 32.9 Å². The highest BCUT2D eigenvalue weighted by atomic mass is 16.4. The number of nitrogens with two attached hydrogens (primary N) is 7. The van der Waals surface area contributed by atoms with E-state index in [1.807, 2.05) is 0 Å². The van der Waals surface area contributed by atoms with Gasteiger partial charge in [0.2, 0.25) is 5.91 Å². The number of aliphatic carboxylic acids is 6. The van der Waals surface area contributed by atoms with E-state index in [0.717, 1.165) is 5.56 Å². The van der Waals surface area contributed by atoms with Crippen molar-refractivity contribution in [1.29, 1.82) is 0 Å². The lowest BCUT2D eigenvalue weighted by molar-refractivity contribution is -0.141. The van der Waals surface area contributed by atoms with E-state index in [9.17, 15) is 33.6 Å². The molecule has 0 bridgehead atoms. The average molecular weight is 742 g/mol. The van der Waals surface area contributed by atoms with Crippen LogP contribution < -0.4 is 40.1 Å². The van der Waals surface area contributed by atoms with Crippen LogP contribution in [0.3, 0.4) is 0 Å². The molecule has 0 aliphatic heterocycles. The first-order valence-corrected chi connectivity index (χ1v) is 14.7. The van der Waals surface area contributed by atoms with Crippen LogP contribution >= 0.6 is 0 Å². The van der Waals surface area contributed by atoms with Crippen LogP contribution in [0.25, 0.3) is 0 Å². The molecule has 0 aliphatic rings. The number of rotatable bonds is 13. The molecule has 51 heavy (non-hydrogen) atoms. The highest BCUT2D eigenvalue weighted by Crippen LogP contribution is 2.10. The maximum Gasteiger partial charge on any atom is 0.323 e. The molecule has 1 aromatic carbocycles. The number of phenolic OH excluding ortho intramolecular Hbond substituents is 1. The van der Waals surface area contributed by atoms with E-state index in [1.54, 1.807) is 26.0 Å². The quantitative estimate of drug-likeness (QED) is 0.0940. The van der Waals surface area contributed by atoms with Crippen molar-refractivity contribution >= 4 is 41.7 Å². The standard InChI is InChI=1S/C9H11NO3.C5H10N2O3.C5H11NO2.C4H9NO3.2C3H7NO2/c10-8(9(12)13)5-6-1-3-7(11)4-2-6;6-3(5(9)10)1-2-4(7)8;1-3(2)4(6)5(7)8;1-2(6)3(5)4(7)8;2*1-2(4)3(5)6/h1-4,8,11H,5,10H2,(H,12,13);3H,1-2,6H2,(H2,7,8)(H,9,10);3-4H,6H2,1-2H3,(H,7,8);2-3,6H,5H2,1H3,(H,7,8);2*2H,4H2,1H3,(H,5,6)/t8-;3-;4-;2-,3+;2*2-/m000100/s1.